The lowest BCUT2D eigenvalue weighted by Gasteiger charge is -1.99. The first-order chi connectivity index (χ1) is 12.1. The van der Waals surface area contributed by atoms with E-state index in [0.29, 0.717) is 22.8 Å². The molecule has 0 spiro atoms. The van der Waals surface area contributed by atoms with Gasteiger partial charge >= 0.3 is 0 Å². The van der Waals surface area contributed by atoms with Gasteiger partial charge in [0.1, 0.15) is 11.4 Å². The molecule has 2 aromatic heterocycles. The first-order valence-corrected chi connectivity index (χ1v) is 8.28. The zero-order valence-electron chi connectivity index (χ0n) is 13.2. The number of imidazole rings is 1. The maximum Gasteiger partial charge on any atom is 0.173 e. The number of benzene rings is 2. The van der Waals surface area contributed by atoms with E-state index in [4.69, 9.17) is 5.26 Å². The van der Waals surface area contributed by atoms with Crippen LogP contribution in [-0.4, -0.2) is 24.9 Å². The monoisotopic (exact) mass is 393 g/mol. The smallest absolute Gasteiger partial charge is 0.173 e. The van der Waals surface area contributed by atoms with E-state index in [2.05, 4.69) is 37.1 Å². The fraction of sp³-hybridized carbons (Fsp3) is 0.0556. The van der Waals surface area contributed by atoms with Crippen LogP contribution in [0.25, 0.3) is 33.8 Å². The number of hydrogen-bond acceptors (Lipinski definition) is 4. The van der Waals surface area contributed by atoms with Gasteiger partial charge in [0.05, 0.1) is 22.7 Å². The molecule has 122 valence electrons. The van der Waals surface area contributed by atoms with Gasteiger partial charge in [-0.05, 0) is 30.3 Å². The highest BCUT2D eigenvalue weighted by Gasteiger charge is 2.21. The fourth-order valence-electron chi connectivity index (χ4n) is 2.77. The van der Waals surface area contributed by atoms with Crippen molar-refractivity contribution in [3.05, 3.63) is 52.5 Å². The minimum Gasteiger partial charge on any atom is -0.504 e. The topological polar surface area (TPSA) is 90.5 Å². The zero-order chi connectivity index (χ0) is 17.6. The van der Waals surface area contributed by atoms with Gasteiger partial charge in [0, 0.05) is 17.1 Å². The molecule has 0 saturated carbocycles. The van der Waals surface area contributed by atoms with Gasteiger partial charge in [-0.25, -0.2) is 4.98 Å². The van der Waals surface area contributed by atoms with E-state index in [1.807, 2.05) is 24.3 Å². The number of aromatic hydroxyl groups is 1. The van der Waals surface area contributed by atoms with E-state index in [-0.39, 0.29) is 5.75 Å². The number of aromatic nitrogens is 4. The Morgan fingerprint density at radius 3 is 2.68 bits per heavy atom. The third kappa shape index (κ3) is 2.57. The van der Waals surface area contributed by atoms with Crippen LogP contribution in [0, 0.1) is 11.3 Å². The van der Waals surface area contributed by atoms with E-state index in [1.54, 1.807) is 29.9 Å². The molecule has 0 radical (unpaired) electrons. The van der Waals surface area contributed by atoms with Crippen molar-refractivity contribution in [2.45, 2.75) is 0 Å². The molecular formula is C18H12BrN5O. The van der Waals surface area contributed by atoms with Gasteiger partial charge in [0.25, 0.3) is 0 Å². The van der Waals surface area contributed by atoms with E-state index in [9.17, 15) is 5.11 Å². The van der Waals surface area contributed by atoms with Crippen LogP contribution in [-0.2, 0) is 7.05 Å². The van der Waals surface area contributed by atoms with E-state index >= 15 is 0 Å². The fourth-order valence-corrected chi connectivity index (χ4v) is 3.04. The summed E-state index contributed by atoms with van der Waals surface area (Å²) in [5, 5.41) is 24.1. The summed E-state index contributed by atoms with van der Waals surface area (Å²) < 4.78 is 2.55. The number of hydrogen-bond donors (Lipinski definition) is 2. The van der Waals surface area contributed by atoms with Crippen LogP contribution < -0.4 is 0 Å². The largest absolute Gasteiger partial charge is 0.504 e. The third-order valence-corrected chi connectivity index (χ3v) is 4.50. The highest BCUT2D eigenvalue weighted by atomic mass is 79.9. The highest BCUT2D eigenvalue weighted by Crippen LogP contribution is 2.37. The minimum absolute atomic E-state index is 0.0596. The summed E-state index contributed by atoms with van der Waals surface area (Å²) in [6.45, 7) is 0. The number of halogens is 1. The molecular weight excluding hydrogens is 382 g/mol. The lowest BCUT2D eigenvalue weighted by molar-refractivity contribution is 0.478. The Labute approximate surface area is 151 Å². The van der Waals surface area contributed by atoms with Crippen molar-refractivity contribution in [3.8, 4) is 34.6 Å². The molecule has 4 aromatic rings. The predicted octanol–water partition coefficient (Wildman–Crippen LogP) is 3.97. The lowest BCUT2D eigenvalue weighted by Crippen LogP contribution is -1.95. The second-order valence-corrected chi connectivity index (χ2v) is 6.52. The summed E-state index contributed by atoms with van der Waals surface area (Å²) in [5.41, 5.74) is 3.80. The molecule has 7 heteroatoms. The molecule has 25 heavy (non-hydrogen) atoms. The third-order valence-electron chi connectivity index (χ3n) is 3.98. The molecule has 2 aromatic carbocycles. The number of nitrogens with zero attached hydrogens (tertiary/aromatic N) is 4. The van der Waals surface area contributed by atoms with Crippen LogP contribution in [0.15, 0.2) is 46.9 Å². The predicted molar refractivity (Wildman–Crippen MR) is 97.8 cm³/mol. The molecule has 0 amide bonds. The number of nitriles is 1. The Balaban J connectivity index is 1.86. The van der Waals surface area contributed by atoms with Crippen LogP contribution in [0.3, 0.4) is 0 Å². The molecule has 0 aliphatic rings. The number of rotatable bonds is 2. The minimum atomic E-state index is 0.0596. The van der Waals surface area contributed by atoms with Gasteiger partial charge in [0.15, 0.2) is 11.6 Å². The molecule has 0 bridgehead atoms. The van der Waals surface area contributed by atoms with Gasteiger partial charge < -0.3 is 10.1 Å². The maximum absolute atomic E-state index is 10.7. The van der Waals surface area contributed by atoms with Crippen molar-refractivity contribution in [1.29, 1.82) is 5.26 Å². The Kier molecular flexibility index (Phi) is 3.55. The SMILES string of the molecule is Cn1nc(-c2ccc(Br)cc2)c(O)c1-c1nc2ccc(C#N)cc2[nH]1. The summed E-state index contributed by atoms with van der Waals surface area (Å²) in [4.78, 5) is 7.66. The van der Waals surface area contributed by atoms with Crippen molar-refractivity contribution in [3.63, 3.8) is 0 Å². The van der Waals surface area contributed by atoms with E-state index < -0.39 is 0 Å². The highest BCUT2D eigenvalue weighted by molar-refractivity contribution is 9.10. The Bertz CT molecular complexity index is 1130. The average molecular weight is 394 g/mol. The second kappa shape index (κ2) is 5.76. The molecule has 0 atom stereocenters. The number of nitrogens with one attached hydrogen (secondary N) is 1. The van der Waals surface area contributed by atoms with Gasteiger partial charge in [-0.1, -0.05) is 28.1 Å². The van der Waals surface area contributed by atoms with Crippen molar-refractivity contribution < 1.29 is 5.11 Å². The summed E-state index contributed by atoms with van der Waals surface area (Å²) in [5.74, 6) is 0.560. The van der Waals surface area contributed by atoms with Crippen molar-refractivity contribution >= 4 is 27.0 Å². The number of aryl methyl sites for hydroxylation is 1. The lowest BCUT2D eigenvalue weighted by atomic mass is 10.1. The summed E-state index contributed by atoms with van der Waals surface area (Å²) >= 11 is 3.40. The number of fused-ring (bicyclic) bond motifs is 1. The van der Waals surface area contributed by atoms with Gasteiger partial charge in [-0.15, -0.1) is 0 Å². The van der Waals surface area contributed by atoms with Crippen LogP contribution in [0.1, 0.15) is 5.56 Å². The molecule has 6 nitrogen and oxygen atoms in total. The Hall–Kier alpha value is -3.11. The summed E-state index contributed by atoms with van der Waals surface area (Å²) in [7, 11) is 1.76. The van der Waals surface area contributed by atoms with Crippen LogP contribution in [0.4, 0.5) is 0 Å². The molecule has 2 heterocycles. The molecule has 2 N–H and O–H groups in total. The first kappa shape index (κ1) is 15.4. The van der Waals surface area contributed by atoms with Crippen molar-refractivity contribution in [1.82, 2.24) is 19.7 Å². The Morgan fingerprint density at radius 1 is 1.20 bits per heavy atom. The van der Waals surface area contributed by atoms with E-state index in [1.165, 1.54) is 0 Å². The van der Waals surface area contributed by atoms with Gasteiger partial charge in [0.2, 0.25) is 0 Å². The molecule has 0 aliphatic heterocycles. The molecule has 4 rings (SSSR count). The quantitative estimate of drug-likeness (QED) is 0.538. The molecule has 0 aliphatic carbocycles. The molecule has 0 saturated heterocycles. The number of aromatic amines is 1. The van der Waals surface area contributed by atoms with Crippen LogP contribution in [0.2, 0.25) is 0 Å². The number of H-pyrrole nitrogens is 1. The molecule has 0 fully saturated rings. The van der Waals surface area contributed by atoms with Crippen molar-refractivity contribution in [2.24, 2.45) is 7.05 Å². The standard InChI is InChI=1S/C18H12BrN5O/c1-24-16(17(25)15(23-24)11-3-5-12(19)6-4-11)18-21-13-7-2-10(9-20)8-14(13)22-18/h2-8,25H,1H3,(H,21,22). The van der Waals surface area contributed by atoms with Crippen LogP contribution >= 0.6 is 15.9 Å². The van der Waals surface area contributed by atoms with Gasteiger partial charge in [-0.2, -0.15) is 10.4 Å². The maximum atomic E-state index is 10.7. The normalized spacial score (nSPS) is 10.9. The van der Waals surface area contributed by atoms with Crippen molar-refractivity contribution in [2.75, 3.05) is 0 Å². The first-order valence-electron chi connectivity index (χ1n) is 7.49. The summed E-state index contributed by atoms with van der Waals surface area (Å²) in [6.07, 6.45) is 0. The zero-order valence-corrected chi connectivity index (χ0v) is 14.7. The summed E-state index contributed by atoms with van der Waals surface area (Å²) in [6, 6.07) is 14.9. The van der Waals surface area contributed by atoms with Gasteiger partial charge in [-0.3, -0.25) is 4.68 Å². The van der Waals surface area contributed by atoms with E-state index in [0.717, 1.165) is 21.1 Å². The second-order valence-electron chi connectivity index (χ2n) is 5.61. The molecule has 0 unspecified atom stereocenters. The van der Waals surface area contributed by atoms with Crippen LogP contribution in [0.5, 0.6) is 5.75 Å². The Morgan fingerprint density at radius 2 is 1.96 bits per heavy atom. The average Bonchev–Trinajstić information content (AvgIpc) is 3.15.